The first-order valence-corrected chi connectivity index (χ1v) is 11.4. The predicted octanol–water partition coefficient (Wildman–Crippen LogP) is 4.40. The Morgan fingerprint density at radius 1 is 1.04 bits per heavy atom. The van der Waals surface area contributed by atoms with E-state index < -0.39 is 15.9 Å². The predicted molar refractivity (Wildman–Crippen MR) is 111 cm³/mol. The molecule has 144 valence electrons. The second-order valence-electron chi connectivity index (χ2n) is 6.43. The van der Waals surface area contributed by atoms with Gasteiger partial charge in [-0.15, -0.1) is 11.3 Å². The van der Waals surface area contributed by atoms with Crippen molar-refractivity contribution in [3.8, 4) is 0 Å². The monoisotopic (exact) mass is 432 g/mol. The molecule has 0 aliphatic carbocycles. The molecule has 0 fully saturated rings. The third-order valence-corrected chi connectivity index (χ3v) is 7.83. The zero-order chi connectivity index (χ0) is 19.7. The van der Waals surface area contributed by atoms with Gasteiger partial charge in [0.25, 0.3) is 5.91 Å². The van der Waals surface area contributed by atoms with Gasteiger partial charge in [-0.05, 0) is 53.3 Å². The molecular weight excluding hydrogens is 416 g/mol. The van der Waals surface area contributed by atoms with Gasteiger partial charge in [0.15, 0.2) is 0 Å². The first kappa shape index (κ1) is 19.1. The van der Waals surface area contributed by atoms with Crippen molar-refractivity contribution in [2.24, 2.45) is 0 Å². The minimum atomic E-state index is -3.77. The highest BCUT2D eigenvalue weighted by atomic mass is 35.5. The highest BCUT2D eigenvalue weighted by Gasteiger charge is 2.32. The number of thiophene rings is 1. The van der Waals surface area contributed by atoms with Gasteiger partial charge in [0, 0.05) is 23.8 Å². The van der Waals surface area contributed by atoms with Crippen molar-refractivity contribution in [2.75, 3.05) is 11.9 Å². The summed E-state index contributed by atoms with van der Waals surface area (Å²) in [5, 5.41) is 4.92. The Bertz CT molecular complexity index is 1120. The molecule has 0 unspecified atom stereocenters. The van der Waals surface area contributed by atoms with Crippen molar-refractivity contribution in [1.29, 1.82) is 0 Å². The first-order chi connectivity index (χ1) is 13.4. The summed E-state index contributed by atoms with van der Waals surface area (Å²) in [7, 11) is -3.77. The van der Waals surface area contributed by atoms with Gasteiger partial charge in [-0.1, -0.05) is 35.9 Å². The molecule has 3 aromatic rings. The summed E-state index contributed by atoms with van der Waals surface area (Å²) in [5.74, 6) is -0.451. The summed E-state index contributed by atoms with van der Waals surface area (Å²) in [4.78, 5) is 12.9. The highest BCUT2D eigenvalue weighted by molar-refractivity contribution is 7.89. The van der Waals surface area contributed by atoms with Gasteiger partial charge in [-0.2, -0.15) is 4.31 Å². The van der Waals surface area contributed by atoms with Crippen molar-refractivity contribution in [3.63, 3.8) is 0 Å². The van der Waals surface area contributed by atoms with Crippen LogP contribution in [-0.4, -0.2) is 25.2 Å². The van der Waals surface area contributed by atoms with Crippen LogP contribution in [0.3, 0.4) is 0 Å². The Balaban J connectivity index is 1.59. The van der Waals surface area contributed by atoms with Crippen LogP contribution in [0.15, 0.2) is 64.9 Å². The first-order valence-electron chi connectivity index (χ1n) is 8.66. The van der Waals surface area contributed by atoms with Gasteiger partial charge >= 0.3 is 0 Å². The van der Waals surface area contributed by atoms with Crippen LogP contribution in [0.5, 0.6) is 0 Å². The maximum absolute atomic E-state index is 13.2. The number of halogens is 1. The molecule has 0 radical (unpaired) electrons. The Hall–Kier alpha value is -2.19. The molecule has 0 saturated carbocycles. The average Bonchev–Trinajstić information content (AvgIpc) is 3.20. The van der Waals surface area contributed by atoms with E-state index in [0.717, 1.165) is 16.9 Å². The van der Waals surface area contributed by atoms with Gasteiger partial charge in [-0.25, -0.2) is 8.42 Å². The molecule has 1 amide bonds. The molecule has 28 heavy (non-hydrogen) atoms. The molecule has 0 atom stereocenters. The molecule has 2 aromatic carbocycles. The van der Waals surface area contributed by atoms with Crippen LogP contribution >= 0.6 is 22.9 Å². The van der Waals surface area contributed by atoms with Crippen LogP contribution in [0.1, 0.15) is 20.8 Å². The normalized spacial score (nSPS) is 14.5. The van der Waals surface area contributed by atoms with Crippen molar-refractivity contribution in [3.05, 3.63) is 81.0 Å². The smallest absolute Gasteiger partial charge is 0.267 e. The van der Waals surface area contributed by atoms with E-state index in [4.69, 9.17) is 11.6 Å². The van der Waals surface area contributed by atoms with Crippen LogP contribution in [0.25, 0.3) is 0 Å². The maximum atomic E-state index is 13.2. The van der Waals surface area contributed by atoms with E-state index in [1.54, 1.807) is 29.6 Å². The number of nitrogens with zero attached hydrogens (tertiary/aromatic N) is 1. The van der Waals surface area contributed by atoms with Crippen molar-refractivity contribution in [1.82, 2.24) is 4.31 Å². The Labute approximate surface area is 172 Å². The van der Waals surface area contributed by atoms with Crippen molar-refractivity contribution in [2.45, 2.75) is 17.9 Å². The van der Waals surface area contributed by atoms with E-state index in [1.807, 2.05) is 24.3 Å². The SMILES string of the molecule is O=C(Nc1ccc(Cl)cc1)c1sccc1S(=O)(=O)N1CCc2ccccc2C1. The molecule has 0 saturated heterocycles. The standard InChI is InChI=1S/C20H17ClN2O3S2/c21-16-5-7-17(8-6-16)22-20(24)19-18(10-12-27-19)28(25,26)23-11-9-14-3-1-2-4-15(14)13-23/h1-8,10,12H,9,11,13H2,(H,22,24). The number of carbonyl (C=O) groups excluding carboxylic acids is 1. The number of nitrogens with one attached hydrogen (secondary N) is 1. The zero-order valence-electron chi connectivity index (χ0n) is 14.8. The van der Waals surface area contributed by atoms with Gasteiger partial charge in [0.2, 0.25) is 10.0 Å². The van der Waals surface area contributed by atoms with E-state index >= 15 is 0 Å². The van der Waals surface area contributed by atoms with Crippen LogP contribution in [0.2, 0.25) is 5.02 Å². The number of hydrogen-bond acceptors (Lipinski definition) is 4. The molecule has 8 heteroatoms. The van der Waals surface area contributed by atoms with Gasteiger partial charge < -0.3 is 5.32 Å². The lowest BCUT2D eigenvalue weighted by Crippen LogP contribution is -2.36. The summed E-state index contributed by atoms with van der Waals surface area (Å²) in [5.41, 5.74) is 2.72. The number of anilines is 1. The van der Waals surface area contributed by atoms with E-state index in [0.29, 0.717) is 30.2 Å². The average molecular weight is 433 g/mol. The second kappa shape index (κ2) is 7.67. The number of amides is 1. The van der Waals surface area contributed by atoms with Crippen molar-refractivity contribution >= 4 is 44.6 Å². The topological polar surface area (TPSA) is 66.5 Å². The molecule has 1 aliphatic heterocycles. The van der Waals surface area contributed by atoms with Crippen LogP contribution < -0.4 is 5.32 Å². The molecule has 1 N–H and O–H groups in total. The summed E-state index contributed by atoms with van der Waals surface area (Å²) in [6.07, 6.45) is 0.659. The van der Waals surface area contributed by atoms with Gasteiger partial charge in [-0.3, -0.25) is 4.79 Å². The Kier molecular flexibility index (Phi) is 5.25. The fraction of sp³-hybridized carbons (Fsp3) is 0.150. The number of sulfonamides is 1. The van der Waals surface area contributed by atoms with Crippen LogP contribution in [0, 0.1) is 0 Å². The molecule has 1 aromatic heterocycles. The fourth-order valence-corrected chi connectivity index (χ4v) is 6.04. The third kappa shape index (κ3) is 3.71. The number of hydrogen-bond donors (Lipinski definition) is 1. The minimum Gasteiger partial charge on any atom is -0.321 e. The quantitative estimate of drug-likeness (QED) is 0.664. The van der Waals surface area contributed by atoms with Crippen LogP contribution in [0.4, 0.5) is 5.69 Å². The highest BCUT2D eigenvalue weighted by Crippen LogP contribution is 2.30. The number of benzene rings is 2. The fourth-order valence-electron chi connectivity index (χ4n) is 3.20. The molecule has 2 heterocycles. The van der Waals surface area contributed by atoms with Crippen LogP contribution in [-0.2, 0) is 23.0 Å². The molecule has 0 bridgehead atoms. The Morgan fingerprint density at radius 3 is 2.50 bits per heavy atom. The maximum Gasteiger partial charge on any atom is 0.267 e. The summed E-state index contributed by atoms with van der Waals surface area (Å²) in [6.45, 7) is 0.708. The lowest BCUT2D eigenvalue weighted by molar-refractivity contribution is 0.102. The zero-order valence-corrected chi connectivity index (χ0v) is 17.2. The lowest BCUT2D eigenvalue weighted by atomic mass is 10.0. The molecule has 4 rings (SSSR count). The largest absolute Gasteiger partial charge is 0.321 e. The van der Waals surface area contributed by atoms with E-state index in [9.17, 15) is 13.2 Å². The molecular formula is C20H17ClN2O3S2. The number of fused-ring (bicyclic) bond motifs is 1. The lowest BCUT2D eigenvalue weighted by Gasteiger charge is -2.28. The molecule has 1 aliphatic rings. The Morgan fingerprint density at radius 2 is 1.75 bits per heavy atom. The number of rotatable bonds is 4. The van der Waals surface area contributed by atoms with E-state index in [2.05, 4.69) is 5.32 Å². The van der Waals surface area contributed by atoms with E-state index in [1.165, 1.54) is 15.9 Å². The minimum absolute atomic E-state index is 0.0448. The second-order valence-corrected chi connectivity index (χ2v) is 9.69. The summed E-state index contributed by atoms with van der Waals surface area (Å²) < 4.78 is 27.9. The summed E-state index contributed by atoms with van der Waals surface area (Å²) >= 11 is 6.97. The van der Waals surface area contributed by atoms with Gasteiger partial charge in [0.1, 0.15) is 9.77 Å². The van der Waals surface area contributed by atoms with E-state index in [-0.39, 0.29) is 9.77 Å². The van der Waals surface area contributed by atoms with Gasteiger partial charge in [0.05, 0.1) is 0 Å². The molecule has 0 spiro atoms. The molecule has 5 nitrogen and oxygen atoms in total. The number of carbonyl (C=O) groups is 1. The summed E-state index contributed by atoms with van der Waals surface area (Å²) in [6, 6.07) is 16.0. The van der Waals surface area contributed by atoms with Crippen molar-refractivity contribution < 1.29 is 13.2 Å². The third-order valence-electron chi connectivity index (χ3n) is 4.65.